The van der Waals surface area contributed by atoms with E-state index in [9.17, 15) is 14.7 Å². The van der Waals surface area contributed by atoms with Crippen LogP contribution in [0.5, 0.6) is 5.75 Å². The van der Waals surface area contributed by atoms with E-state index in [2.05, 4.69) is 102 Å². The van der Waals surface area contributed by atoms with Crippen LogP contribution in [-0.2, 0) is 29.3 Å². The molecule has 0 spiro atoms. The van der Waals surface area contributed by atoms with E-state index >= 15 is 8.78 Å². The first-order chi connectivity index (χ1) is 25.4. The predicted octanol–water partition coefficient (Wildman–Crippen LogP) is 12.1. The lowest BCUT2D eigenvalue weighted by Gasteiger charge is -2.55. The van der Waals surface area contributed by atoms with Gasteiger partial charge in [-0.1, -0.05) is 98.7 Å². The molecule has 6 atom stereocenters. The van der Waals surface area contributed by atoms with Gasteiger partial charge in [-0.25, -0.2) is 8.78 Å². The number of benzene rings is 1. The van der Waals surface area contributed by atoms with Crippen LogP contribution < -0.4 is 0 Å². The van der Waals surface area contributed by atoms with E-state index in [1.807, 2.05) is 18.2 Å². The number of alkyl halides is 2. The van der Waals surface area contributed by atoms with Crippen LogP contribution in [0.2, 0.25) is 54.4 Å². The maximum Gasteiger partial charge on any atom is 0.192 e. The summed E-state index contributed by atoms with van der Waals surface area (Å²) in [5, 5.41) is 10.00. The normalized spacial score (nSPS) is 26.9. The zero-order chi connectivity index (χ0) is 42.8. The van der Waals surface area contributed by atoms with E-state index in [1.165, 1.54) is 6.08 Å². The van der Waals surface area contributed by atoms with E-state index in [4.69, 9.17) is 13.3 Å². The summed E-state index contributed by atoms with van der Waals surface area (Å²) in [6, 6.07) is 7.53. The third-order valence-electron chi connectivity index (χ3n) is 14.1. The highest BCUT2D eigenvalue weighted by Crippen LogP contribution is 2.58. The maximum atomic E-state index is 16.8. The minimum atomic E-state index is -2.21. The molecule has 0 heterocycles. The molecule has 1 aromatic rings. The first kappa shape index (κ1) is 48.6. The van der Waals surface area contributed by atoms with Crippen molar-refractivity contribution >= 4 is 36.5 Å². The fraction of sp³-hybridized carbons (Fsp3) is 0.733. The average Bonchev–Trinajstić information content (AvgIpc) is 3.07. The van der Waals surface area contributed by atoms with Crippen LogP contribution in [0.15, 0.2) is 48.6 Å². The molecule has 1 aromatic carbocycles. The second kappa shape index (κ2) is 17.8. The number of fused-ring (bicyclic) bond motifs is 1. The van der Waals surface area contributed by atoms with E-state index in [1.54, 1.807) is 24.3 Å². The van der Waals surface area contributed by atoms with Crippen LogP contribution in [0.4, 0.5) is 8.78 Å². The van der Waals surface area contributed by atoms with Crippen LogP contribution in [0.3, 0.4) is 0 Å². The number of rotatable bonds is 15. The molecule has 1 saturated carbocycles. The molecule has 6 nitrogen and oxygen atoms in total. The average molecular weight is 835 g/mol. The lowest BCUT2D eigenvalue weighted by molar-refractivity contribution is -0.162. The summed E-state index contributed by atoms with van der Waals surface area (Å²) in [5.74, 6) is -3.76. The standard InChI is InChI=1S/C30H50F2O4Si2.C15H26O2Si/c1-27(2,3)37(7,8)35-19-11-17-29(31)23-15-13-22(26(29)34)21-14-16-24(33)30(32,25(21)23)18-12-20-36-38(9,10)28(4,5)6;1-15(2,3)18(4,5)17-12-8-10-13-9-6-7-11-14(13)16/h13-16,21-23,25H,11-12,17-20H2,1-10H3;6-7,9,11,16H,8,10,12H2,1-5H3/t21-,22+,23-,25-,29+,30-;/m0./s1. The predicted molar refractivity (Wildman–Crippen MR) is 234 cm³/mol. The van der Waals surface area contributed by atoms with Gasteiger partial charge in [-0.05, 0) is 117 Å². The van der Waals surface area contributed by atoms with Crippen LogP contribution in [0.25, 0.3) is 0 Å². The molecule has 0 radical (unpaired) electrons. The molecule has 1 fully saturated rings. The summed E-state index contributed by atoms with van der Waals surface area (Å²) in [7, 11) is -5.62. The summed E-state index contributed by atoms with van der Waals surface area (Å²) >= 11 is 0. The molecule has 0 aromatic heterocycles. The van der Waals surface area contributed by atoms with Crippen molar-refractivity contribution in [1.29, 1.82) is 0 Å². The van der Waals surface area contributed by atoms with Crippen LogP contribution in [-0.4, -0.2) is 72.8 Å². The van der Waals surface area contributed by atoms with Gasteiger partial charge in [0, 0.05) is 37.6 Å². The van der Waals surface area contributed by atoms with Gasteiger partial charge in [0.2, 0.25) is 0 Å². The van der Waals surface area contributed by atoms with Gasteiger partial charge in [-0.3, -0.25) is 9.59 Å². The van der Waals surface area contributed by atoms with Crippen molar-refractivity contribution in [2.45, 2.75) is 167 Å². The SMILES string of the molecule is CC(C)(C)[Si](C)(C)OCCC[C@]1(F)C(=O)C=C[C@@H]2[C@H]1[C@@H]1C=C[C@H]2C(=O)[C@@]1(F)CCCO[Si](C)(C)C(C)(C)C.CC(C)(C)[Si](C)(C)OCCCc1ccccc1O. The number of Topliss-reactive ketones (excluding diaryl/α,β-unsaturated/α-hetero) is 1. The number of hydrogen-bond donors (Lipinski definition) is 1. The van der Waals surface area contributed by atoms with Gasteiger partial charge in [-0.2, -0.15) is 0 Å². The molecule has 11 heteroatoms. The highest BCUT2D eigenvalue weighted by atomic mass is 28.4. The Labute approximate surface area is 342 Å². The van der Waals surface area contributed by atoms with Crippen LogP contribution in [0, 0.1) is 23.7 Å². The van der Waals surface area contributed by atoms with Crippen LogP contribution in [0.1, 0.15) is 100.0 Å². The first-order valence-electron chi connectivity index (χ1n) is 20.9. The van der Waals surface area contributed by atoms with Crippen molar-refractivity contribution in [2.75, 3.05) is 19.8 Å². The number of phenols is 1. The topological polar surface area (TPSA) is 82.1 Å². The summed E-state index contributed by atoms with van der Waals surface area (Å²) in [6.07, 6.45) is 8.90. The van der Waals surface area contributed by atoms with Gasteiger partial charge >= 0.3 is 0 Å². The van der Waals surface area contributed by atoms with E-state index in [-0.39, 0.29) is 28.0 Å². The van der Waals surface area contributed by atoms with Crippen LogP contribution >= 0.6 is 0 Å². The lowest BCUT2D eigenvalue weighted by atomic mass is 9.49. The van der Waals surface area contributed by atoms with Gasteiger partial charge < -0.3 is 18.4 Å². The Morgan fingerprint density at radius 3 is 1.57 bits per heavy atom. The number of para-hydroxylation sites is 1. The largest absolute Gasteiger partial charge is 0.508 e. The van der Waals surface area contributed by atoms with Crippen molar-refractivity contribution < 1.29 is 36.8 Å². The van der Waals surface area contributed by atoms with Gasteiger partial charge in [-0.15, -0.1) is 0 Å². The molecule has 318 valence electrons. The molecule has 1 N–H and O–H groups in total. The van der Waals surface area contributed by atoms with Gasteiger partial charge in [0.1, 0.15) is 5.75 Å². The number of phenolic OH excluding ortho intramolecular Hbond substituents is 1. The molecular weight excluding hydrogens is 759 g/mol. The van der Waals surface area contributed by atoms with Gasteiger partial charge in [0.25, 0.3) is 0 Å². The molecule has 2 bridgehead atoms. The number of ketones is 2. The second-order valence-electron chi connectivity index (χ2n) is 21.1. The number of allylic oxidation sites excluding steroid dienone is 4. The Bertz CT molecular complexity index is 1570. The van der Waals surface area contributed by atoms with Crippen molar-refractivity contribution in [1.82, 2.24) is 0 Å². The number of carbonyl (C=O) groups excluding carboxylic acids is 2. The number of aromatic hydroxyl groups is 1. The smallest absolute Gasteiger partial charge is 0.192 e. The Hall–Kier alpha value is -1.77. The number of carbonyl (C=O) groups is 2. The second-order valence-corrected chi connectivity index (χ2v) is 35.5. The van der Waals surface area contributed by atoms with Gasteiger partial charge in [0.15, 0.2) is 47.9 Å². The molecule has 0 saturated heterocycles. The Kier molecular flexibility index (Phi) is 15.5. The Morgan fingerprint density at radius 1 is 0.661 bits per heavy atom. The van der Waals surface area contributed by atoms with E-state index < -0.39 is 71.5 Å². The molecule has 0 aliphatic heterocycles. The highest BCUT2D eigenvalue weighted by Gasteiger charge is 2.67. The van der Waals surface area contributed by atoms with Crippen molar-refractivity contribution in [3.8, 4) is 5.75 Å². The maximum absolute atomic E-state index is 16.8. The molecule has 0 amide bonds. The summed E-state index contributed by atoms with van der Waals surface area (Å²) in [5.41, 5.74) is -3.38. The van der Waals surface area contributed by atoms with Gasteiger partial charge in [0.05, 0.1) is 0 Å². The number of aryl methyl sites for hydroxylation is 1. The third-order valence-corrected chi connectivity index (χ3v) is 27.8. The quantitative estimate of drug-likeness (QED) is 0.108. The molecule has 4 aliphatic rings. The minimum absolute atomic E-state index is 0.0162. The van der Waals surface area contributed by atoms with E-state index in [0.29, 0.717) is 31.8 Å². The Balaban J connectivity index is 0.000000391. The zero-order valence-electron chi connectivity index (χ0n) is 37.5. The summed E-state index contributed by atoms with van der Waals surface area (Å²) in [6.45, 7) is 34.3. The lowest BCUT2D eigenvalue weighted by Crippen LogP contribution is -2.65. The third kappa shape index (κ3) is 10.9. The van der Waals surface area contributed by atoms with Crippen molar-refractivity contribution in [3.05, 3.63) is 54.1 Å². The summed E-state index contributed by atoms with van der Waals surface area (Å²) in [4.78, 5) is 26.4. The fourth-order valence-electron chi connectivity index (χ4n) is 7.28. The number of hydrogen-bond acceptors (Lipinski definition) is 6. The fourth-order valence-corrected chi connectivity index (χ4v) is 10.5. The molecule has 5 rings (SSSR count). The van der Waals surface area contributed by atoms with E-state index in [0.717, 1.165) is 25.0 Å². The Morgan fingerprint density at radius 2 is 1.11 bits per heavy atom. The zero-order valence-corrected chi connectivity index (χ0v) is 40.5. The summed E-state index contributed by atoms with van der Waals surface area (Å²) < 4.78 is 52.0. The highest BCUT2D eigenvalue weighted by molar-refractivity contribution is 6.74. The molecule has 0 unspecified atom stereocenters. The monoisotopic (exact) mass is 834 g/mol. The molecule has 4 aliphatic carbocycles. The first-order valence-corrected chi connectivity index (χ1v) is 29.7. The number of halogens is 2. The van der Waals surface area contributed by atoms with Crippen molar-refractivity contribution in [3.63, 3.8) is 0 Å². The molecule has 56 heavy (non-hydrogen) atoms. The van der Waals surface area contributed by atoms with Crippen molar-refractivity contribution in [2.24, 2.45) is 23.7 Å². The molecular formula is C45H76F2O6Si3. The minimum Gasteiger partial charge on any atom is -0.508 e.